The molecule has 0 radical (unpaired) electrons. The highest BCUT2D eigenvalue weighted by molar-refractivity contribution is 5.87. The Bertz CT molecular complexity index is 485. The largest absolute Gasteiger partial charge is 0.469 e. The maximum atomic E-state index is 12.4. The van der Waals surface area contributed by atoms with Crippen LogP contribution in [-0.4, -0.2) is 31.9 Å². The fourth-order valence-corrected chi connectivity index (χ4v) is 4.88. The topological polar surface area (TPSA) is 69.7 Å². The molecule has 0 N–H and O–H groups in total. The van der Waals surface area contributed by atoms with Crippen molar-refractivity contribution < 1.29 is 23.9 Å². The van der Waals surface area contributed by atoms with Crippen LogP contribution in [0.25, 0.3) is 0 Å². The maximum absolute atomic E-state index is 12.4. The minimum atomic E-state index is -0.573. The monoisotopic (exact) mass is 310 g/mol. The van der Waals surface area contributed by atoms with Crippen molar-refractivity contribution in [2.45, 2.75) is 52.4 Å². The molecule has 5 nitrogen and oxygen atoms in total. The fourth-order valence-electron chi connectivity index (χ4n) is 4.88. The van der Waals surface area contributed by atoms with Gasteiger partial charge >= 0.3 is 11.9 Å². The second-order valence-corrected chi connectivity index (χ2v) is 7.16. The first-order chi connectivity index (χ1) is 10.3. The lowest BCUT2D eigenvalue weighted by molar-refractivity contribution is -0.174. The van der Waals surface area contributed by atoms with Crippen molar-refractivity contribution in [2.24, 2.45) is 22.7 Å². The number of esters is 2. The summed E-state index contributed by atoms with van der Waals surface area (Å²) in [5.41, 5.74) is -0.915. The summed E-state index contributed by atoms with van der Waals surface area (Å²) in [7, 11) is 2.76. The Morgan fingerprint density at radius 2 is 1.86 bits per heavy atom. The number of ketones is 1. The molecule has 2 rings (SSSR count). The van der Waals surface area contributed by atoms with Gasteiger partial charge in [0.2, 0.25) is 0 Å². The number of Topliss-reactive ketones (excluding diaryl/α,β-unsaturated/α-hetero) is 1. The smallest absolute Gasteiger partial charge is 0.311 e. The van der Waals surface area contributed by atoms with Gasteiger partial charge in [-0.25, -0.2) is 0 Å². The summed E-state index contributed by atoms with van der Waals surface area (Å²) in [5.74, 6) is -0.727. The van der Waals surface area contributed by atoms with Crippen LogP contribution >= 0.6 is 0 Å². The predicted molar refractivity (Wildman–Crippen MR) is 79.9 cm³/mol. The summed E-state index contributed by atoms with van der Waals surface area (Å²) in [6.07, 6.45) is 3.73. The zero-order chi connectivity index (χ0) is 16.5. The normalized spacial score (nSPS) is 38.1. The van der Waals surface area contributed by atoms with E-state index in [-0.39, 0.29) is 41.4 Å². The zero-order valence-electron chi connectivity index (χ0n) is 13.9. The number of hydrogen-bond acceptors (Lipinski definition) is 5. The fraction of sp³-hybridized carbons (Fsp3) is 0.824. The van der Waals surface area contributed by atoms with Crippen molar-refractivity contribution in [1.82, 2.24) is 0 Å². The minimum absolute atomic E-state index is 0.0635. The summed E-state index contributed by atoms with van der Waals surface area (Å²) in [6.45, 7) is 4.01. The van der Waals surface area contributed by atoms with Crippen LogP contribution in [0, 0.1) is 22.7 Å². The number of fused-ring (bicyclic) bond motifs is 1. The van der Waals surface area contributed by atoms with E-state index in [1.54, 1.807) is 0 Å². The molecule has 22 heavy (non-hydrogen) atoms. The van der Waals surface area contributed by atoms with Crippen LogP contribution < -0.4 is 0 Å². The van der Waals surface area contributed by atoms with Gasteiger partial charge in [0.1, 0.15) is 5.78 Å². The average Bonchev–Trinajstić information content (AvgIpc) is 2.49. The Morgan fingerprint density at radius 3 is 2.45 bits per heavy atom. The van der Waals surface area contributed by atoms with Gasteiger partial charge in [-0.3, -0.25) is 14.4 Å². The van der Waals surface area contributed by atoms with Crippen LogP contribution in [0.15, 0.2) is 0 Å². The van der Waals surface area contributed by atoms with Crippen LogP contribution in [-0.2, 0) is 23.9 Å². The quantitative estimate of drug-likeness (QED) is 0.749. The van der Waals surface area contributed by atoms with Gasteiger partial charge in [0.25, 0.3) is 0 Å². The lowest BCUT2D eigenvalue weighted by Crippen LogP contribution is -2.55. The summed E-state index contributed by atoms with van der Waals surface area (Å²) in [6, 6.07) is 0. The molecule has 0 aliphatic heterocycles. The number of carbonyl (C=O) groups excluding carboxylic acids is 3. The highest BCUT2D eigenvalue weighted by atomic mass is 16.5. The first kappa shape index (κ1) is 17.0. The molecule has 5 heteroatoms. The molecule has 0 saturated heterocycles. The van der Waals surface area contributed by atoms with Gasteiger partial charge in [0.05, 0.1) is 26.1 Å². The highest BCUT2D eigenvalue weighted by Gasteiger charge is 2.59. The number of methoxy groups -OCH3 is 2. The summed E-state index contributed by atoms with van der Waals surface area (Å²) < 4.78 is 9.80. The number of hydrogen-bond donors (Lipinski definition) is 0. The second-order valence-electron chi connectivity index (χ2n) is 7.16. The first-order valence-electron chi connectivity index (χ1n) is 7.97. The zero-order valence-corrected chi connectivity index (χ0v) is 13.9. The maximum Gasteiger partial charge on any atom is 0.311 e. The van der Waals surface area contributed by atoms with E-state index in [2.05, 4.69) is 6.92 Å². The van der Waals surface area contributed by atoms with E-state index in [0.29, 0.717) is 12.8 Å². The predicted octanol–water partition coefficient (Wildman–Crippen LogP) is 2.51. The Balaban J connectivity index is 2.37. The first-order valence-corrected chi connectivity index (χ1v) is 7.97. The van der Waals surface area contributed by atoms with Crippen LogP contribution in [0.4, 0.5) is 0 Å². The van der Waals surface area contributed by atoms with Gasteiger partial charge in [-0.15, -0.1) is 0 Å². The summed E-state index contributed by atoms with van der Waals surface area (Å²) >= 11 is 0. The molecule has 0 bridgehead atoms. The summed E-state index contributed by atoms with van der Waals surface area (Å²) in [4.78, 5) is 36.5. The molecular formula is C17H26O5. The van der Waals surface area contributed by atoms with E-state index in [0.717, 1.165) is 19.3 Å². The Hall–Kier alpha value is -1.39. The van der Waals surface area contributed by atoms with E-state index in [1.165, 1.54) is 14.2 Å². The van der Waals surface area contributed by atoms with E-state index in [1.807, 2.05) is 6.92 Å². The van der Waals surface area contributed by atoms with Crippen LogP contribution in [0.3, 0.4) is 0 Å². The molecule has 2 saturated carbocycles. The van der Waals surface area contributed by atoms with Gasteiger partial charge in [-0.2, -0.15) is 0 Å². The van der Waals surface area contributed by atoms with E-state index in [4.69, 9.17) is 9.47 Å². The molecule has 0 aromatic carbocycles. The number of rotatable bonds is 3. The van der Waals surface area contributed by atoms with Gasteiger partial charge in [-0.1, -0.05) is 13.3 Å². The standard InChI is InChI=1S/C17H26O5/c1-16-8-5-9-17(2,15(20)22-4)13(16)7-6-12(18)11(16)10-14(19)21-3/h11,13H,5-10H2,1-4H3/t11?,13-,16-,17-/m1/s1. The minimum Gasteiger partial charge on any atom is -0.469 e. The third-order valence-electron chi connectivity index (χ3n) is 6.09. The number of carbonyl (C=O) groups is 3. The van der Waals surface area contributed by atoms with Crippen molar-refractivity contribution in [3.63, 3.8) is 0 Å². The molecule has 2 fully saturated rings. The third-order valence-corrected chi connectivity index (χ3v) is 6.09. The summed E-state index contributed by atoms with van der Waals surface area (Å²) in [5, 5.41) is 0. The van der Waals surface area contributed by atoms with E-state index >= 15 is 0 Å². The average molecular weight is 310 g/mol. The lowest BCUT2D eigenvalue weighted by atomic mass is 9.47. The molecule has 0 aromatic rings. The van der Waals surface area contributed by atoms with Gasteiger partial charge in [-0.05, 0) is 37.5 Å². The van der Waals surface area contributed by atoms with Crippen molar-refractivity contribution in [2.75, 3.05) is 14.2 Å². The van der Waals surface area contributed by atoms with Crippen LogP contribution in [0.1, 0.15) is 52.4 Å². The molecule has 0 spiro atoms. The SMILES string of the molecule is COC(=O)CC1C(=O)CC[C@H]2[C@](C)(C(=O)OC)CCC[C@]12C. The molecular weight excluding hydrogens is 284 g/mol. The molecule has 4 atom stereocenters. The molecule has 0 aromatic heterocycles. The molecule has 1 unspecified atom stereocenters. The number of ether oxygens (including phenoxy) is 2. The highest BCUT2D eigenvalue weighted by Crippen LogP contribution is 2.60. The molecule has 0 amide bonds. The third kappa shape index (κ3) is 2.55. The van der Waals surface area contributed by atoms with E-state index < -0.39 is 5.41 Å². The second kappa shape index (κ2) is 6.01. The molecule has 2 aliphatic rings. The van der Waals surface area contributed by atoms with Gasteiger partial charge < -0.3 is 9.47 Å². The Kier molecular flexibility index (Phi) is 4.64. The molecule has 2 aliphatic carbocycles. The van der Waals surface area contributed by atoms with Crippen molar-refractivity contribution >= 4 is 17.7 Å². The molecule has 0 heterocycles. The molecule has 124 valence electrons. The van der Waals surface area contributed by atoms with Crippen molar-refractivity contribution in [1.29, 1.82) is 0 Å². The van der Waals surface area contributed by atoms with Gasteiger partial charge in [0.15, 0.2) is 0 Å². The van der Waals surface area contributed by atoms with Crippen molar-refractivity contribution in [3.8, 4) is 0 Å². The van der Waals surface area contributed by atoms with Crippen molar-refractivity contribution in [3.05, 3.63) is 0 Å². The van der Waals surface area contributed by atoms with Crippen LogP contribution in [0.2, 0.25) is 0 Å². The Morgan fingerprint density at radius 1 is 1.18 bits per heavy atom. The lowest BCUT2D eigenvalue weighted by Gasteiger charge is -2.56. The van der Waals surface area contributed by atoms with E-state index in [9.17, 15) is 14.4 Å². The van der Waals surface area contributed by atoms with Crippen LogP contribution in [0.5, 0.6) is 0 Å². The van der Waals surface area contributed by atoms with Gasteiger partial charge in [0, 0.05) is 12.3 Å². The Labute approximate surface area is 131 Å².